The molecule has 3 fully saturated rings. The predicted molar refractivity (Wildman–Crippen MR) is 138 cm³/mol. The van der Waals surface area contributed by atoms with Crippen LogP contribution in [-0.2, 0) is 9.53 Å². The predicted octanol–water partition coefficient (Wildman–Crippen LogP) is 6.61. The molecular formula is C31H39NO2. The van der Waals surface area contributed by atoms with Crippen molar-refractivity contribution in [2.24, 2.45) is 23.2 Å². The van der Waals surface area contributed by atoms with Gasteiger partial charge in [-0.2, -0.15) is 0 Å². The summed E-state index contributed by atoms with van der Waals surface area (Å²) in [5.41, 5.74) is 8.48. The molecule has 0 N–H and O–H groups in total. The number of carbonyl (C=O) groups excluding carboxylic acids is 1. The minimum atomic E-state index is -0.155. The molecule has 1 aliphatic heterocycles. The summed E-state index contributed by atoms with van der Waals surface area (Å²) >= 11 is 0. The van der Waals surface area contributed by atoms with E-state index in [0.29, 0.717) is 35.9 Å². The normalized spacial score (nSPS) is 39.1. The van der Waals surface area contributed by atoms with Crippen LogP contribution in [0, 0.1) is 23.2 Å². The summed E-state index contributed by atoms with van der Waals surface area (Å²) in [6.07, 6.45) is 9.21. The number of nitrogens with zero attached hydrogens (tertiary/aromatic N) is 1. The molecule has 1 aromatic rings. The molecule has 2 saturated carbocycles. The van der Waals surface area contributed by atoms with Gasteiger partial charge in [0.25, 0.3) is 0 Å². The van der Waals surface area contributed by atoms with Crippen LogP contribution in [0.1, 0.15) is 70.3 Å². The van der Waals surface area contributed by atoms with Crippen LogP contribution in [-0.4, -0.2) is 32.1 Å². The fourth-order valence-corrected chi connectivity index (χ4v) is 8.71. The highest BCUT2D eigenvalue weighted by atomic mass is 16.5. The molecule has 4 aliphatic carbocycles. The van der Waals surface area contributed by atoms with E-state index < -0.39 is 0 Å². The second-order valence-electron chi connectivity index (χ2n) is 12.1. The van der Waals surface area contributed by atoms with Crippen molar-refractivity contribution in [3.63, 3.8) is 0 Å². The second kappa shape index (κ2) is 7.68. The number of anilines is 1. The largest absolute Gasteiger partial charge is 0.378 e. The topological polar surface area (TPSA) is 29.5 Å². The zero-order chi connectivity index (χ0) is 23.8. The molecule has 0 radical (unpaired) electrons. The molecule has 1 saturated heterocycles. The van der Waals surface area contributed by atoms with Gasteiger partial charge >= 0.3 is 0 Å². The Bertz CT molecular complexity index is 1110. The second-order valence-corrected chi connectivity index (χ2v) is 12.1. The van der Waals surface area contributed by atoms with E-state index in [1.165, 1.54) is 34.4 Å². The first-order valence-electron chi connectivity index (χ1n) is 13.3. The first kappa shape index (κ1) is 22.3. The van der Waals surface area contributed by atoms with Gasteiger partial charge in [-0.3, -0.25) is 4.79 Å². The van der Waals surface area contributed by atoms with Crippen LogP contribution in [0.3, 0.4) is 0 Å². The molecule has 1 spiro atoms. The molecule has 6 rings (SSSR count). The van der Waals surface area contributed by atoms with E-state index in [4.69, 9.17) is 4.74 Å². The average Bonchev–Trinajstić information content (AvgIpc) is 3.34. The highest BCUT2D eigenvalue weighted by Crippen LogP contribution is 2.70. The number of carbonyl (C=O) groups is 1. The van der Waals surface area contributed by atoms with Gasteiger partial charge in [-0.05, 0) is 96.8 Å². The van der Waals surface area contributed by atoms with Crippen molar-refractivity contribution in [2.45, 2.75) is 70.3 Å². The molecular weight excluding hydrogens is 418 g/mol. The van der Waals surface area contributed by atoms with Crippen molar-refractivity contribution in [2.75, 3.05) is 25.6 Å². The fourth-order valence-electron chi connectivity index (χ4n) is 8.71. The lowest BCUT2D eigenvalue weighted by Gasteiger charge is -2.56. The molecule has 1 heterocycles. The van der Waals surface area contributed by atoms with Crippen molar-refractivity contribution in [1.29, 1.82) is 0 Å². The van der Waals surface area contributed by atoms with Gasteiger partial charge in [0, 0.05) is 37.5 Å². The van der Waals surface area contributed by atoms with Crippen LogP contribution < -0.4 is 4.90 Å². The van der Waals surface area contributed by atoms with Gasteiger partial charge in [0.2, 0.25) is 0 Å². The van der Waals surface area contributed by atoms with Crippen molar-refractivity contribution >= 4 is 11.5 Å². The number of hydrogen-bond acceptors (Lipinski definition) is 3. The number of hydrogen-bond donors (Lipinski definition) is 0. The third-order valence-electron chi connectivity index (χ3n) is 10.3. The van der Waals surface area contributed by atoms with Crippen molar-refractivity contribution in [3.05, 3.63) is 64.8 Å². The Morgan fingerprint density at radius 3 is 2.56 bits per heavy atom. The van der Waals surface area contributed by atoms with Crippen molar-refractivity contribution in [1.82, 2.24) is 0 Å². The Morgan fingerprint density at radius 1 is 1.12 bits per heavy atom. The van der Waals surface area contributed by atoms with Gasteiger partial charge < -0.3 is 9.64 Å². The Hall–Kier alpha value is -2.13. The van der Waals surface area contributed by atoms with Crippen molar-refractivity contribution in [3.8, 4) is 0 Å². The Kier molecular flexibility index (Phi) is 5.05. The quantitative estimate of drug-likeness (QED) is 0.468. The van der Waals surface area contributed by atoms with E-state index in [0.717, 1.165) is 38.7 Å². The molecule has 3 heteroatoms. The monoisotopic (exact) mass is 457 g/mol. The Balaban J connectivity index is 1.53. The summed E-state index contributed by atoms with van der Waals surface area (Å²) in [5, 5.41) is 0. The van der Waals surface area contributed by atoms with E-state index >= 15 is 0 Å². The summed E-state index contributed by atoms with van der Waals surface area (Å²) < 4.78 is 6.67. The zero-order valence-corrected chi connectivity index (χ0v) is 21.3. The minimum Gasteiger partial charge on any atom is -0.378 e. The van der Waals surface area contributed by atoms with Crippen LogP contribution in [0.2, 0.25) is 0 Å². The third kappa shape index (κ3) is 2.95. The molecule has 5 aliphatic rings. The maximum atomic E-state index is 12.4. The number of rotatable bonds is 2. The van der Waals surface area contributed by atoms with Gasteiger partial charge in [-0.15, -0.1) is 0 Å². The summed E-state index contributed by atoms with van der Waals surface area (Å²) in [6.45, 7) is 10.3. The molecule has 3 nitrogen and oxygen atoms in total. The highest BCUT2D eigenvalue weighted by Gasteiger charge is 2.66. The van der Waals surface area contributed by atoms with Gasteiger partial charge in [-0.25, -0.2) is 0 Å². The van der Waals surface area contributed by atoms with Crippen molar-refractivity contribution < 1.29 is 9.53 Å². The van der Waals surface area contributed by atoms with Gasteiger partial charge in [-0.1, -0.05) is 38.1 Å². The van der Waals surface area contributed by atoms with Crippen LogP contribution in [0.4, 0.5) is 5.69 Å². The molecule has 180 valence electrons. The van der Waals surface area contributed by atoms with Crippen LogP contribution in [0.25, 0.3) is 0 Å². The lowest BCUT2D eigenvalue weighted by molar-refractivity contribution is -0.114. The molecule has 0 amide bonds. The molecule has 0 aromatic heterocycles. The van der Waals surface area contributed by atoms with Gasteiger partial charge in [0.15, 0.2) is 5.78 Å². The zero-order valence-electron chi connectivity index (χ0n) is 21.3. The van der Waals surface area contributed by atoms with E-state index in [1.807, 2.05) is 6.08 Å². The van der Waals surface area contributed by atoms with E-state index in [9.17, 15) is 4.79 Å². The smallest absolute Gasteiger partial charge is 0.156 e. The Labute approximate surface area is 204 Å². The summed E-state index contributed by atoms with van der Waals surface area (Å²) in [6, 6.07) is 9.25. The Morgan fingerprint density at radius 2 is 1.88 bits per heavy atom. The minimum absolute atomic E-state index is 0.103. The van der Waals surface area contributed by atoms with E-state index in [-0.39, 0.29) is 11.0 Å². The highest BCUT2D eigenvalue weighted by molar-refractivity contribution is 5.93. The SMILES string of the molecule is C=C1CCO[C@@]12CC[C@H]1[C@@H]3C[C@@H](C)C4=CC(=O)CCC4=C3[C@@H](c3ccc(N(C)C)cc3)C[C@@]12C. The molecule has 1 aromatic carbocycles. The number of benzene rings is 1. The third-order valence-corrected chi connectivity index (χ3v) is 10.3. The summed E-state index contributed by atoms with van der Waals surface area (Å²) in [5.74, 6) is 2.35. The number of fused-ring (bicyclic) bond motifs is 5. The van der Waals surface area contributed by atoms with Gasteiger partial charge in [0.05, 0.1) is 12.2 Å². The fraction of sp³-hybridized carbons (Fsp3) is 0.581. The van der Waals surface area contributed by atoms with Crippen LogP contribution >= 0.6 is 0 Å². The van der Waals surface area contributed by atoms with E-state index in [2.05, 4.69) is 63.7 Å². The molecule has 0 bridgehead atoms. The van der Waals surface area contributed by atoms with Crippen LogP contribution in [0.5, 0.6) is 0 Å². The van der Waals surface area contributed by atoms with Crippen LogP contribution in [0.15, 0.2) is 59.2 Å². The number of ketones is 1. The van der Waals surface area contributed by atoms with Gasteiger partial charge in [0.1, 0.15) is 0 Å². The maximum Gasteiger partial charge on any atom is 0.156 e. The first-order chi connectivity index (χ1) is 16.2. The number of ether oxygens (including phenoxy) is 1. The lowest BCUT2D eigenvalue weighted by atomic mass is 9.49. The first-order valence-corrected chi connectivity index (χ1v) is 13.3. The lowest BCUT2D eigenvalue weighted by Crippen LogP contribution is -2.52. The molecule has 6 atom stereocenters. The standard InChI is InChI=1S/C31H39NO2/c1-19-16-26-28-12-14-31(20(2)13-15-34-31)30(28,3)18-27(21-6-8-22(9-7-21)32(4)5)29(26)24-11-10-23(33)17-25(19)24/h6-9,17,19,26-28H,2,10-16,18H2,1,3-5H3/t19-,26+,27-,28+,30+,31+/m1/s1. The molecule has 34 heavy (non-hydrogen) atoms. The summed E-state index contributed by atoms with van der Waals surface area (Å²) in [4.78, 5) is 14.6. The van der Waals surface area contributed by atoms with E-state index in [1.54, 1.807) is 5.57 Å². The maximum absolute atomic E-state index is 12.4. The number of allylic oxidation sites excluding steroid dienone is 4. The molecule has 0 unspecified atom stereocenters. The average molecular weight is 458 g/mol. The summed E-state index contributed by atoms with van der Waals surface area (Å²) in [7, 11) is 4.21.